The van der Waals surface area contributed by atoms with Crippen molar-refractivity contribution in [3.05, 3.63) is 82.4 Å². The first-order valence-corrected chi connectivity index (χ1v) is 12.1. The zero-order chi connectivity index (χ0) is 24.4. The first-order valence-electron chi connectivity index (χ1n) is 11.7. The number of piperidine rings is 1. The van der Waals surface area contributed by atoms with Crippen LogP contribution in [0.4, 0.5) is 16.0 Å². The highest BCUT2D eigenvalue weighted by atomic mass is 35.5. The average molecular weight is 493 g/mol. The predicted molar refractivity (Wildman–Crippen MR) is 135 cm³/mol. The number of nitrogens with one attached hydrogen (secondary N) is 1. The van der Waals surface area contributed by atoms with Gasteiger partial charge in [0.15, 0.2) is 0 Å². The first-order chi connectivity index (χ1) is 17.0. The molecule has 2 aliphatic heterocycles. The fourth-order valence-electron chi connectivity index (χ4n) is 4.89. The van der Waals surface area contributed by atoms with E-state index in [1.165, 1.54) is 6.07 Å². The largest absolute Gasteiger partial charge is 0.350 e. The fraction of sp³-hybridized carbons (Fsp3) is 0.308. The van der Waals surface area contributed by atoms with Gasteiger partial charge in [0, 0.05) is 41.7 Å². The van der Waals surface area contributed by atoms with Gasteiger partial charge in [-0.1, -0.05) is 48.0 Å². The number of nitrogens with two attached hydrogens (primary N) is 1. The number of amides is 1. The van der Waals surface area contributed by atoms with Crippen molar-refractivity contribution in [1.29, 1.82) is 0 Å². The summed E-state index contributed by atoms with van der Waals surface area (Å²) >= 11 is 6.57. The summed E-state index contributed by atoms with van der Waals surface area (Å²) in [5.41, 5.74) is 9.38. The molecular formula is C26H26ClFN6O. The van der Waals surface area contributed by atoms with Crippen LogP contribution in [0.2, 0.25) is 5.02 Å². The van der Waals surface area contributed by atoms with Crippen molar-refractivity contribution in [1.82, 2.24) is 14.9 Å². The molecule has 7 nitrogen and oxygen atoms in total. The average Bonchev–Trinajstić information content (AvgIpc) is 3.26. The molecule has 1 amide bonds. The molecule has 0 spiro atoms. The van der Waals surface area contributed by atoms with E-state index in [9.17, 15) is 9.18 Å². The zero-order valence-electron chi connectivity index (χ0n) is 19.1. The molecule has 1 atom stereocenters. The number of likely N-dealkylation sites (tertiary alicyclic amines) is 1. The Morgan fingerprint density at radius 1 is 1.14 bits per heavy atom. The maximum absolute atomic E-state index is 14.1. The summed E-state index contributed by atoms with van der Waals surface area (Å²) in [6.07, 6.45) is 3.32. The van der Waals surface area contributed by atoms with Crippen LogP contribution in [0.25, 0.3) is 0 Å². The highest BCUT2D eigenvalue weighted by Crippen LogP contribution is 2.45. The summed E-state index contributed by atoms with van der Waals surface area (Å²) in [5, 5.41) is 3.77. The van der Waals surface area contributed by atoms with E-state index in [-0.39, 0.29) is 36.6 Å². The number of rotatable bonds is 6. The standard InChI is InChI=1S/C26H26ClFN6O/c27-19-7-3-2-6-18(19)24-23(16-9-11-34(12-10-16)22(35)13-29)25-21(32-24)15-31-26(33-25)30-14-17-5-1-4-8-20(17)28/h1-8,15-16,23H,9-14,29H2,(H,30,31,33). The van der Waals surface area contributed by atoms with E-state index in [1.807, 2.05) is 29.2 Å². The molecule has 180 valence electrons. The molecule has 9 heteroatoms. The number of carbonyl (C=O) groups is 1. The van der Waals surface area contributed by atoms with E-state index in [4.69, 9.17) is 27.3 Å². The SMILES string of the molecule is NCC(=O)N1CCC(C2C(c3ccccc3Cl)=Nc3cnc(NCc4ccccc4F)nc32)CC1. The molecule has 3 heterocycles. The van der Waals surface area contributed by atoms with Gasteiger partial charge in [-0.25, -0.2) is 19.4 Å². The minimum Gasteiger partial charge on any atom is -0.350 e. The minimum atomic E-state index is -0.276. The van der Waals surface area contributed by atoms with Gasteiger partial charge >= 0.3 is 0 Å². The third-order valence-corrected chi connectivity index (χ3v) is 7.04. The molecule has 0 aliphatic carbocycles. The monoisotopic (exact) mass is 492 g/mol. The molecular weight excluding hydrogens is 467 g/mol. The van der Waals surface area contributed by atoms with Crippen LogP contribution in [-0.2, 0) is 11.3 Å². The molecule has 0 bridgehead atoms. The molecule has 2 aliphatic rings. The number of benzene rings is 2. The quantitative estimate of drug-likeness (QED) is 0.535. The summed E-state index contributed by atoms with van der Waals surface area (Å²) in [4.78, 5) is 28.1. The number of aliphatic imine (C=N–C) groups is 1. The van der Waals surface area contributed by atoms with Crippen molar-refractivity contribution in [2.45, 2.75) is 25.3 Å². The van der Waals surface area contributed by atoms with E-state index in [0.29, 0.717) is 35.3 Å². The molecule has 2 aromatic carbocycles. The Morgan fingerprint density at radius 2 is 1.89 bits per heavy atom. The Labute approximate surface area is 208 Å². The van der Waals surface area contributed by atoms with Crippen LogP contribution in [0.15, 0.2) is 59.7 Å². The van der Waals surface area contributed by atoms with Gasteiger partial charge in [0.05, 0.1) is 24.1 Å². The van der Waals surface area contributed by atoms with Crippen LogP contribution in [-0.4, -0.2) is 46.1 Å². The molecule has 1 unspecified atom stereocenters. The lowest BCUT2D eigenvalue weighted by Crippen LogP contribution is -2.43. The summed E-state index contributed by atoms with van der Waals surface area (Å²) < 4.78 is 14.1. The first kappa shape index (κ1) is 23.4. The normalized spacial score (nSPS) is 17.7. The highest BCUT2D eigenvalue weighted by molar-refractivity contribution is 6.35. The predicted octanol–water partition coefficient (Wildman–Crippen LogP) is 4.30. The number of fused-ring (bicyclic) bond motifs is 1. The topological polar surface area (TPSA) is 96.5 Å². The van der Waals surface area contributed by atoms with Gasteiger partial charge in [0.1, 0.15) is 11.5 Å². The van der Waals surface area contributed by atoms with Crippen LogP contribution >= 0.6 is 11.6 Å². The van der Waals surface area contributed by atoms with Gasteiger partial charge in [0.25, 0.3) is 0 Å². The summed E-state index contributed by atoms with van der Waals surface area (Å²) in [6, 6.07) is 14.3. The van der Waals surface area contributed by atoms with Gasteiger partial charge in [-0.15, -0.1) is 0 Å². The maximum atomic E-state index is 14.1. The lowest BCUT2D eigenvalue weighted by molar-refractivity contribution is -0.131. The van der Waals surface area contributed by atoms with Crippen molar-refractivity contribution >= 4 is 34.9 Å². The third-order valence-electron chi connectivity index (χ3n) is 6.71. The van der Waals surface area contributed by atoms with Crippen LogP contribution in [0.3, 0.4) is 0 Å². The van der Waals surface area contributed by atoms with E-state index in [2.05, 4.69) is 10.3 Å². The number of nitrogens with zero attached hydrogens (tertiary/aromatic N) is 4. The smallest absolute Gasteiger partial charge is 0.236 e. The number of carbonyl (C=O) groups excluding carboxylic acids is 1. The van der Waals surface area contributed by atoms with Crippen LogP contribution in [0, 0.1) is 11.7 Å². The van der Waals surface area contributed by atoms with Crippen molar-refractivity contribution < 1.29 is 9.18 Å². The summed E-state index contributed by atoms with van der Waals surface area (Å²) in [7, 11) is 0. The minimum absolute atomic E-state index is 0.0214. The van der Waals surface area contributed by atoms with Gasteiger partial charge in [-0.05, 0) is 30.9 Å². The van der Waals surface area contributed by atoms with Crippen molar-refractivity contribution in [2.24, 2.45) is 16.6 Å². The molecule has 0 saturated carbocycles. The third kappa shape index (κ3) is 4.76. The number of halogens is 2. The van der Waals surface area contributed by atoms with Crippen LogP contribution in [0.5, 0.6) is 0 Å². The van der Waals surface area contributed by atoms with E-state index in [0.717, 1.165) is 29.8 Å². The molecule has 1 fully saturated rings. The number of hydrogen-bond acceptors (Lipinski definition) is 6. The summed E-state index contributed by atoms with van der Waals surface area (Å²) in [6.45, 7) is 1.58. The Hall–Kier alpha value is -3.36. The number of hydrogen-bond donors (Lipinski definition) is 2. The molecule has 1 aromatic heterocycles. The fourth-order valence-corrected chi connectivity index (χ4v) is 5.12. The molecule has 5 rings (SSSR count). The Balaban J connectivity index is 1.44. The lowest BCUT2D eigenvalue weighted by Gasteiger charge is -2.35. The van der Waals surface area contributed by atoms with Gasteiger partial charge < -0.3 is 16.0 Å². The van der Waals surface area contributed by atoms with E-state index in [1.54, 1.807) is 24.4 Å². The van der Waals surface area contributed by atoms with Crippen LogP contribution < -0.4 is 11.1 Å². The van der Waals surface area contributed by atoms with E-state index < -0.39 is 0 Å². The Bertz CT molecular complexity index is 1270. The van der Waals surface area contributed by atoms with Crippen molar-refractivity contribution in [3.8, 4) is 0 Å². The molecule has 3 aromatic rings. The van der Waals surface area contributed by atoms with Crippen molar-refractivity contribution in [3.63, 3.8) is 0 Å². The summed E-state index contributed by atoms with van der Waals surface area (Å²) in [5.74, 6) is 0.252. The molecule has 35 heavy (non-hydrogen) atoms. The number of aromatic nitrogens is 2. The Kier molecular flexibility index (Phi) is 6.74. The van der Waals surface area contributed by atoms with Gasteiger partial charge in [0.2, 0.25) is 11.9 Å². The molecule has 1 saturated heterocycles. The van der Waals surface area contributed by atoms with Crippen LogP contribution in [0.1, 0.15) is 35.6 Å². The van der Waals surface area contributed by atoms with Gasteiger partial charge in [-0.3, -0.25) is 4.79 Å². The highest BCUT2D eigenvalue weighted by Gasteiger charge is 2.39. The van der Waals surface area contributed by atoms with Crippen molar-refractivity contribution in [2.75, 3.05) is 25.0 Å². The number of anilines is 1. The van der Waals surface area contributed by atoms with E-state index >= 15 is 0 Å². The maximum Gasteiger partial charge on any atom is 0.236 e. The molecule has 3 N–H and O–H groups in total. The zero-order valence-corrected chi connectivity index (χ0v) is 19.9. The molecule has 0 radical (unpaired) electrons. The second-order valence-corrected chi connectivity index (χ2v) is 9.19. The van der Waals surface area contributed by atoms with Gasteiger partial charge in [-0.2, -0.15) is 0 Å². The Morgan fingerprint density at radius 3 is 2.63 bits per heavy atom. The lowest BCUT2D eigenvalue weighted by atomic mass is 9.78. The second-order valence-electron chi connectivity index (χ2n) is 8.79. The second kappa shape index (κ2) is 10.1.